The lowest BCUT2D eigenvalue weighted by atomic mass is 10.3. The SMILES string of the molecule is CCN(Cc1ccco1)C(=O)C(C)Br. The fourth-order valence-electron chi connectivity index (χ4n) is 1.19. The molecule has 0 saturated carbocycles. The van der Waals surface area contributed by atoms with E-state index in [9.17, 15) is 4.79 Å². The predicted octanol–water partition coefficient (Wildman–Crippen LogP) is 2.41. The number of halogens is 1. The van der Waals surface area contributed by atoms with Gasteiger partial charge in [0.05, 0.1) is 17.6 Å². The molecule has 0 aliphatic carbocycles. The fourth-order valence-corrected chi connectivity index (χ4v) is 1.48. The van der Waals surface area contributed by atoms with E-state index in [0.717, 1.165) is 5.76 Å². The Kier molecular flexibility index (Phi) is 4.20. The van der Waals surface area contributed by atoms with Gasteiger partial charge in [0.2, 0.25) is 5.91 Å². The first kappa shape index (κ1) is 11.3. The molecule has 0 aliphatic heterocycles. The molecule has 0 aliphatic rings. The van der Waals surface area contributed by atoms with Crippen LogP contribution >= 0.6 is 15.9 Å². The highest BCUT2D eigenvalue weighted by molar-refractivity contribution is 9.10. The Balaban J connectivity index is 2.60. The van der Waals surface area contributed by atoms with E-state index in [1.54, 1.807) is 11.2 Å². The standard InChI is InChI=1S/C10H14BrNO2/c1-3-12(10(13)8(2)11)7-9-5-4-6-14-9/h4-6,8H,3,7H2,1-2H3. The Morgan fingerprint density at radius 2 is 2.43 bits per heavy atom. The summed E-state index contributed by atoms with van der Waals surface area (Å²) in [6, 6.07) is 3.69. The minimum absolute atomic E-state index is 0.0869. The zero-order valence-corrected chi connectivity index (χ0v) is 9.95. The van der Waals surface area contributed by atoms with Gasteiger partial charge in [-0.3, -0.25) is 4.79 Å². The van der Waals surface area contributed by atoms with Gasteiger partial charge in [0.15, 0.2) is 0 Å². The molecule has 1 amide bonds. The predicted molar refractivity (Wildman–Crippen MR) is 58.2 cm³/mol. The van der Waals surface area contributed by atoms with Gasteiger partial charge in [-0.25, -0.2) is 0 Å². The van der Waals surface area contributed by atoms with Crippen LogP contribution in [0.15, 0.2) is 22.8 Å². The number of hydrogen-bond donors (Lipinski definition) is 0. The van der Waals surface area contributed by atoms with E-state index < -0.39 is 0 Å². The molecule has 0 N–H and O–H groups in total. The first-order valence-electron chi connectivity index (χ1n) is 4.60. The highest BCUT2D eigenvalue weighted by atomic mass is 79.9. The molecule has 0 spiro atoms. The average Bonchev–Trinajstić information content (AvgIpc) is 2.65. The Morgan fingerprint density at radius 1 is 1.71 bits per heavy atom. The van der Waals surface area contributed by atoms with Crippen LogP contribution in [0.1, 0.15) is 19.6 Å². The van der Waals surface area contributed by atoms with Crippen LogP contribution in [0.4, 0.5) is 0 Å². The van der Waals surface area contributed by atoms with Crippen LogP contribution in [0.3, 0.4) is 0 Å². The molecule has 0 fully saturated rings. The Bertz CT molecular complexity index is 282. The van der Waals surface area contributed by atoms with Gasteiger partial charge >= 0.3 is 0 Å². The Hall–Kier alpha value is -0.770. The van der Waals surface area contributed by atoms with Crippen LogP contribution in [0.5, 0.6) is 0 Å². The van der Waals surface area contributed by atoms with Crippen LogP contribution in [0, 0.1) is 0 Å². The summed E-state index contributed by atoms with van der Waals surface area (Å²) in [7, 11) is 0. The quantitative estimate of drug-likeness (QED) is 0.779. The third-order valence-corrected chi connectivity index (χ3v) is 2.35. The van der Waals surface area contributed by atoms with Gasteiger partial charge in [0.1, 0.15) is 5.76 Å². The first-order chi connectivity index (χ1) is 6.65. The van der Waals surface area contributed by atoms with Crippen molar-refractivity contribution in [1.82, 2.24) is 4.90 Å². The lowest BCUT2D eigenvalue weighted by Crippen LogP contribution is -2.34. The minimum Gasteiger partial charge on any atom is -0.467 e. The van der Waals surface area contributed by atoms with Crippen molar-refractivity contribution < 1.29 is 9.21 Å². The number of amides is 1. The second-order valence-electron chi connectivity index (χ2n) is 3.05. The van der Waals surface area contributed by atoms with Crippen molar-refractivity contribution >= 4 is 21.8 Å². The summed E-state index contributed by atoms with van der Waals surface area (Å²) in [4.78, 5) is 13.2. The van der Waals surface area contributed by atoms with Crippen molar-refractivity contribution in [3.05, 3.63) is 24.2 Å². The second kappa shape index (κ2) is 5.20. The van der Waals surface area contributed by atoms with Crippen LogP contribution < -0.4 is 0 Å². The van der Waals surface area contributed by atoms with E-state index in [4.69, 9.17) is 4.42 Å². The van der Waals surface area contributed by atoms with E-state index in [1.165, 1.54) is 0 Å². The summed E-state index contributed by atoms with van der Waals surface area (Å²) < 4.78 is 5.19. The molecule has 3 nitrogen and oxygen atoms in total. The van der Waals surface area contributed by atoms with E-state index in [-0.39, 0.29) is 10.7 Å². The van der Waals surface area contributed by atoms with Gasteiger partial charge in [0, 0.05) is 6.54 Å². The monoisotopic (exact) mass is 259 g/mol. The zero-order valence-electron chi connectivity index (χ0n) is 8.37. The summed E-state index contributed by atoms with van der Waals surface area (Å²) in [5, 5.41) is 0. The van der Waals surface area contributed by atoms with Crippen molar-refractivity contribution in [2.75, 3.05) is 6.54 Å². The second-order valence-corrected chi connectivity index (χ2v) is 4.42. The average molecular weight is 260 g/mol. The lowest BCUT2D eigenvalue weighted by molar-refractivity contribution is -0.130. The first-order valence-corrected chi connectivity index (χ1v) is 5.52. The topological polar surface area (TPSA) is 33.5 Å². The van der Waals surface area contributed by atoms with Crippen molar-refractivity contribution in [2.24, 2.45) is 0 Å². The third-order valence-electron chi connectivity index (χ3n) is 1.96. The number of carbonyl (C=O) groups excluding carboxylic acids is 1. The molecule has 1 unspecified atom stereocenters. The molecule has 1 rings (SSSR count). The van der Waals surface area contributed by atoms with Crippen LogP contribution in [-0.2, 0) is 11.3 Å². The van der Waals surface area contributed by atoms with Gasteiger partial charge in [-0.1, -0.05) is 15.9 Å². The van der Waals surface area contributed by atoms with Gasteiger partial charge in [-0.2, -0.15) is 0 Å². The molecule has 14 heavy (non-hydrogen) atoms. The summed E-state index contributed by atoms with van der Waals surface area (Å²) in [6.45, 7) is 5.01. The number of rotatable bonds is 4. The molecule has 1 aromatic rings. The van der Waals surface area contributed by atoms with Crippen LogP contribution in [-0.4, -0.2) is 22.2 Å². The lowest BCUT2D eigenvalue weighted by Gasteiger charge is -2.20. The number of carbonyl (C=O) groups is 1. The van der Waals surface area contributed by atoms with Crippen molar-refractivity contribution in [2.45, 2.75) is 25.2 Å². The molecule has 0 radical (unpaired) electrons. The largest absolute Gasteiger partial charge is 0.467 e. The molecule has 4 heteroatoms. The molecule has 1 heterocycles. The van der Waals surface area contributed by atoms with Gasteiger partial charge in [-0.05, 0) is 26.0 Å². The van der Waals surface area contributed by atoms with Crippen LogP contribution in [0.25, 0.3) is 0 Å². The molecule has 0 bridgehead atoms. The van der Waals surface area contributed by atoms with E-state index in [1.807, 2.05) is 26.0 Å². The van der Waals surface area contributed by atoms with Gasteiger partial charge < -0.3 is 9.32 Å². The number of furan rings is 1. The molecular weight excluding hydrogens is 246 g/mol. The highest BCUT2D eigenvalue weighted by Gasteiger charge is 2.17. The molecule has 0 aromatic carbocycles. The summed E-state index contributed by atoms with van der Waals surface area (Å²) in [5.74, 6) is 0.900. The van der Waals surface area contributed by atoms with Crippen molar-refractivity contribution in [1.29, 1.82) is 0 Å². The smallest absolute Gasteiger partial charge is 0.236 e. The molecule has 78 valence electrons. The van der Waals surface area contributed by atoms with Crippen LogP contribution in [0.2, 0.25) is 0 Å². The Labute approximate surface area is 92.2 Å². The summed E-state index contributed by atoms with van der Waals surface area (Å²) in [6.07, 6.45) is 1.62. The highest BCUT2D eigenvalue weighted by Crippen LogP contribution is 2.09. The summed E-state index contributed by atoms with van der Waals surface area (Å²) in [5.41, 5.74) is 0. The van der Waals surface area contributed by atoms with Crippen molar-refractivity contribution in [3.63, 3.8) is 0 Å². The fraction of sp³-hybridized carbons (Fsp3) is 0.500. The maximum atomic E-state index is 11.6. The maximum Gasteiger partial charge on any atom is 0.236 e. The molecule has 0 saturated heterocycles. The normalized spacial score (nSPS) is 12.5. The molecular formula is C10H14BrNO2. The third kappa shape index (κ3) is 2.87. The minimum atomic E-state index is -0.141. The number of hydrogen-bond acceptors (Lipinski definition) is 2. The van der Waals surface area contributed by atoms with E-state index >= 15 is 0 Å². The maximum absolute atomic E-state index is 11.6. The Morgan fingerprint density at radius 3 is 2.86 bits per heavy atom. The number of alkyl halides is 1. The van der Waals surface area contributed by atoms with Gasteiger partial charge in [-0.15, -0.1) is 0 Å². The number of nitrogens with zero attached hydrogens (tertiary/aromatic N) is 1. The van der Waals surface area contributed by atoms with E-state index in [2.05, 4.69) is 15.9 Å². The summed E-state index contributed by atoms with van der Waals surface area (Å²) >= 11 is 3.26. The van der Waals surface area contributed by atoms with Gasteiger partial charge in [0.25, 0.3) is 0 Å². The zero-order chi connectivity index (χ0) is 10.6. The van der Waals surface area contributed by atoms with E-state index in [0.29, 0.717) is 13.1 Å². The van der Waals surface area contributed by atoms with Crippen molar-refractivity contribution in [3.8, 4) is 0 Å². The molecule has 1 atom stereocenters. The molecule has 1 aromatic heterocycles.